The molecule has 1 heterocycles. The molecule has 0 bridgehead atoms. The third-order valence-electron chi connectivity index (χ3n) is 4.08. The highest BCUT2D eigenvalue weighted by atomic mass is 32.2. The van der Waals surface area contributed by atoms with Crippen molar-refractivity contribution in [3.05, 3.63) is 77.4 Å². The fourth-order valence-electron chi connectivity index (χ4n) is 2.56. The van der Waals surface area contributed by atoms with E-state index >= 15 is 0 Å². The Kier molecular flexibility index (Phi) is 7.39. The van der Waals surface area contributed by atoms with Crippen molar-refractivity contribution >= 4 is 40.2 Å². The number of amides is 1. The average Bonchev–Trinajstić information content (AvgIpc) is 3.13. The summed E-state index contributed by atoms with van der Waals surface area (Å²) >= 11 is 3.00. The minimum atomic E-state index is -0.0750. The molecule has 0 unspecified atom stereocenters. The third kappa shape index (κ3) is 6.32. The van der Waals surface area contributed by atoms with Crippen LogP contribution in [-0.2, 0) is 11.2 Å². The molecule has 2 aromatic carbocycles. The highest BCUT2D eigenvalue weighted by molar-refractivity contribution is 8.01. The molecule has 4 nitrogen and oxygen atoms in total. The molecule has 0 aliphatic rings. The largest absolute Gasteiger partial charge is 0.300 e. The van der Waals surface area contributed by atoms with Crippen LogP contribution in [0.1, 0.15) is 36.5 Å². The average molecular weight is 410 g/mol. The van der Waals surface area contributed by atoms with Gasteiger partial charge in [-0.15, -0.1) is 10.2 Å². The van der Waals surface area contributed by atoms with Crippen LogP contribution < -0.4 is 5.32 Å². The summed E-state index contributed by atoms with van der Waals surface area (Å²) in [7, 11) is 0. The molecule has 0 spiro atoms. The lowest BCUT2D eigenvalue weighted by Crippen LogP contribution is -2.14. The maximum absolute atomic E-state index is 12.2. The standard InChI is InChI=1S/C22H23N3OS2/c1-16(2)19-12-10-18(11-13-19)15-20(26)23-21-24-25-22(28-21)27-14-6-9-17-7-4-3-5-8-17/h3-13,16H,14-15H2,1-2H3,(H,23,24,26). The van der Waals surface area contributed by atoms with Crippen LogP contribution >= 0.6 is 23.1 Å². The first kappa shape index (κ1) is 20.3. The summed E-state index contributed by atoms with van der Waals surface area (Å²) in [6.07, 6.45) is 4.52. The maximum atomic E-state index is 12.2. The second-order valence-electron chi connectivity index (χ2n) is 6.62. The third-order valence-corrected chi connectivity index (χ3v) is 6.00. The van der Waals surface area contributed by atoms with Gasteiger partial charge in [-0.25, -0.2) is 0 Å². The number of carbonyl (C=O) groups is 1. The Balaban J connectivity index is 1.45. The van der Waals surface area contributed by atoms with E-state index in [2.05, 4.69) is 65.8 Å². The lowest BCUT2D eigenvalue weighted by molar-refractivity contribution is -0.115. The Morgan fingerprint density at radius 2 is 1.86 bits per heavy atom. The summed E-state index contributed by atoms with van der Waals surface area (Å²) in [5.41, 5.74) is 3.44. The summed E-state index contributed by atoms with van der Waals surface area (Å²) in [6.45, 7) is 4.31. The van der Waals surface area contributed by atoms with E-state index in [1.165, 1.54) is 22.5 Å². The Morgan fingerprint density at radius 3 is 2.57 bits per heavy atom. The van der Waals surface area contributed by atoms with Gasteiger partial charge in [0, 0.05) is 5.75 Å². The predicted octanol–water partition coefficient (Wildman–Crippen LogP) is 5.65. The molecule has 1 aromatic heterocycles. The summed E-state index contributed by atoms with van der Waals surface area (Å²) in [5, 5.41) is 11.6. The van der Waals surface area contributed by atoms with Gasteiger partial charge in [-0.3, -0.25) is 4.79 Å². The number of benzene rings is 2. The summed E-state index contributed by atoms with van der Waals surface area (Å²) < 4.78 is 0.842. The predicted molar refractivity (Wildman–Crippen MR) is 119 cm³/mol. The first-order valence-electron chi connectivity index (χ1n) is 9.17. The van der Waals surface area contributed by atoms with Gasteiger partial charge < -0.3 is 5.32 Å². The number of rotatable bonds is 8. The van der Waals surface area contributed by atoms with E-state index in [0.29, 0.717) is 17.5 Å². The number of carbonyl (C=O) groups excluding carboxylic acids is 1. The molecule has 6 heteroatoms. The fourth-order valence-corrected chi connectivity index (χ4v) is 4.16. The molecule has 0 radical (unpaired) electrons. The lowest BCUT2D eigenvalue weighted by Gasteiger charge is -2.06. The zero-order valence-corrected chi connectivity index (χ0v) is 17.6. The molecule has 28 heavy (non-hydrogen) atoms. The number of thioether (sulfide) groups is 1. The van der Waals surface area contributed by atoms with E-state index in [1.54, 1.807) is 11.8 Å². The molecule has 144 valence electrons. The molecule has 0 aliphatic heterocycles. The first-order chi connectivity index (χ1) is 13.6. The zero-order chi connectivity index (χ0) is 19.8. The van der Waals surface area contributed by atoms with Crippen molar-refractivity contribution in [2.24, 2.45) is 0 Å². The highest BCUT2D eigenvalue weighted by Crippen LogP contribution is 2.26. The fraction of sp³-hybridized carbons (Fsp3) is 0.227. The molecule has 1 N–H and O–H groups in total. The van der Waals surface area contributed by atoms with Crippen LogP contribution in [0, 0.1) is 0 Å². The molecule has 0 fully saturated rings. The van der Waals surface area contributed by atoms with Crippen molar-refractivity contribution in [1.82, 2.24) is 10.2 Å². The quantitative estimate of drug-likeness (QED) is 0.386. The number of nitrogens with one attached hydrogen (secondary N) is 1. The van der Waals surface area contributed by atoms with E-state index < -0.39 is 0 Å². The molecule has 3 aromatic rings. The van der Waals surface area contributed by atoms with Crippen LogP contribution in [0.4, 0.5) is 5.13 Å². The number of aromatic nitrogens is 2. The molecule has 0 saturated carbocycles. The maximum Gasteiger partial charge on any atom is 0.230 e. The summed E-state index contributed by atoms with van der Waals surface area (Å²) in [6, 6.07) is 18.4. The highest BCUT2D eigenvalue weighted by Gasteiger charge is 2.09. The van der Waals surface area contributed by atoms with Gasteiger partial charge in [-0.05, 0) is 22.6 Å². The van der Waals surface area contributed by atoms with Crippen LogP contribution in [0.25, 0.3) is 6.08 Å². The van der Waals surface area contributed by atoms with E-state index in [0.717, 1.165) is 15.7 Å². The normalized spacial score (nSPS) is 11.2. The molecule has 0 aliphatic carbocycles. The minimum Gasteiger partial charge on any atom is -0.300 e. The Bertz CT molecular complexity index is 918. The van der Waals surface area contributed by atoms with Gasteiger partial charge in [0.1, 0.15) is 0 Å². The van der Waals surface area contributed by atoms with Gasteiger partial charge in [0.05, 0.1) is 6.42 Å². The summed E-state index contributed by atoms with van der Waals surface area (Å²) in [5.74, 6) is 1.22. The van der Waals surface area contributed by atoms with Crippen molar-refractivity contribution in [2.45, 2.75) is 30.5 Å². The van der Waals surface area contributed by atoms with E-state index in [-0.39, 0.29) is 5.91 Å². The van der Waals surface area contributed by atoms with E-state index in [4.69, 9.17) is 0 Å². The number of hydrogen-bond donors (Lipinski definition) is 1. The van der Waals surface area contributed by atoms with Crippen LogP contribution in [0.15, 0.2) is 65.0 Å². The van der Waals surface area contributed by atoms with Gasteiger partial charge in [0.2, 0.25) is 11.0 Å². The molecule has 1 amide bonds. The topological polar surface area (TPSA) is 54.9 Å². The Morgan fingerprint density at radius 1 is 1.11 bits per heavy atom. The molecule has 0 saturated heterocycles. The van der Waals surface area contributed by atoms with Gasteiger partial charge in [0.25, 0.3) is 0 Å². The SMILES string of the molecule is CC(C)c1ccc(CC(=O)Nc2nnc(SCC=Cc3ccccc3)s2)cc1. The second-order valence-corrected chi connectivity index (χ2v) is 8.86. The number of nitrogens with zero attached hydrogens (tertiary/aromatic N) is 2. The minimum absolute atomic E-state index is 0.0750. The second kappa shape index (κ2) is 10.2. The van der Waals surface area contributed by atoms with Crippen molar-refractivity contribution in [1.29, 1.82) is 0 Å². The van der Waals surface area contributed by atoms with Gasteiger partial charge in [-0.2, -0.15) is 0 Å². The smallest absolute Gasteiger partial charge is 0.230 e. The Labute approximate surface area is 174 Å². The van der Waals surface area contributed by atoms with Crippen molar-refractivity contribution < 1.29 is 4.79 Å². The van der Waals surface area contributed by atoms with E-state index in [9.17, 15) is 4.79 Å². The van der Waals surface area contributed by atoms with Gasteiger partial charge in [0.15, 0.2) is 4.34 Å². The van der Waals surface area contributed by atoms with Crippen LogP contribution in [-0.4, -0.2) is 21.9 Å². The molecule has 3 rings (SSSR count). The number of anilines is 1. The molecular formula is C22H23N3OS2. The number of hydrogen-bond acceptors (Lipinski definition) is 5. The van der Waals surface area contributed by atoms with Crippen molar-refractivity contribution in [3.63, 3.8) is 0 Å². The van der Waals surface area contributed by atoms with Crippen molar-refractivity contribution in [2.75, 3.05) is 11.1 Å². The summed E-state index contributed by atoms with van der Waals surface area (Å²) in [4.78, 5) is 12.2. The monoisotopic (exact) mass is 409 g/mol. The lowest BCUT2D eigenvalue weighted by atomic mass is 10.0. The first-order valence-corrected chi connectivity index (χ1v) is 11.0. The van der Waals surface area contributed by atoms with Crippen LogP contribution in [0.5, 0.6) is 0 Å². The molecular weight excluding hydrogens is 386 g/mol. The zero-order valence-electron chi connectivity index (χ0n) is 16.0. The van der Waals surface area contributed by atoms with Crippen LogP contribution in [0.3, 0.4) is 0 Å². The molecule has 0 atom stereocenters. The van der Waals surface area contributed by atoms with Crippen LogP contribution in [0.2, 0.25) is 0 Å². The van der Waals surface area contributed by atoms with E-state index in [1.807, 2.05) is 30.3 Å². The van der Waals surface area contributed by atoms with Crippen molar-refractivity contribution in [3.8, 4) is 0 Å². The van der Waals surface area contributed by atoms with Gasteiger partial charge >= 0.3 is 0 Å². The Hall–Kier alpha value is -2.44. The van der Waals surface area contributed by atoms with Gasteiger partial charge in [-0.1, -0.05) is 104 Å².